The maximum absolute atomic E-state index is 12.8. The molecular formula is C20H34O5. The first-order valence-electron chi connectivity index (χ1n) is 9.37. The van der Waals surface area contributed by atoms with Crippen LogP contribution >= 0.6 is 0 Å². The van der Waals surface area contributed by atoms with Gasteiger partial charge in [-0.1, -0.05) is 48.0 Å². The van der Waals surface area contributed by atoms with E-state index in [1.165, 1.54) is 0 Å². The van der Waals surface area contributed by atoms with Gasteiger partial charge in [0.05, 0.1) is 12.0 Å². The summed E-state index contributed by atoms with van der Waals surface area (Å²) in [5.41, 5.74) is -2.39. The van der Waals surface area contributed by atoms with Gasteiger partial charge in [0.2, 0.25) is 0 Å². The number of aliphatic hydroxyl groups is 3. The summed E-state index contributed by atoms with van der Waals surface area (Å²) in [5.74, 6) is -2.49. The van der Waals surface area contributed by atoms with Crippen molar-refractivity contribution in [2.24, 2.45) is 23.7 Å². The molecule has 0 aliphatic heterocycles. The van der Waals surface area contributed by atoms with Crippen LogP contribution < -0.4 is 0 Å². The van der Waals surface area contributed by atoms with E-state index in [9.17, 15) is 24.9 Å². The SMILES string of the molecule is CC(C)CC[C@@H]1C(=O)C(C(=O)C(C)C)=C(O)[C@@]1(O)[C@@H](O)CCC(C)C. The average Bonchev–Trinajstić information content (AvgIpc) is 2.69. The lowest BCUT2D eigenvalue weighted by molar-refractivity contribution is -0.137. The van der Waals surface area contributed by atoms with E-state index in [0.29, 0.717) is 31.1 Å². The van der Waals surface area contributed by atoms with Crippen molar-refractivity contribution in [3.63, 3.8) is 0 Å². The minimum absolute atomic E-state index is 0.257. The van der Waals surface area contributed by atoms with E-state index in [1.807, 2.05) is 27.7 Å². The van der Waals surface area contributed by atoms with Crippen LogP contribution in [0.2, 0.25) is 0 Å². The molecule has 1 aliphatic carbocycles. The lowest BCUT2D eigenvalue weighted by atomic mass is 9.78. The Morgan fingerprint density at radius 1 is 1.04 bits per heavy atom. The van der Waals surface area contributed by atoms with Crippen LogP contribution in [-0.4, -0.2) is 38.6 Å². The molecule has 0 saturated heterocycles. The number of hydrogen-bond acceptors (Lipinski definition) is 5. The van der Waals surface area contributed by atoms with Crippen LogP contribution in [0.15, 0.2) is 11.3 Å². The van der Waals surface area contributed by atoms with E-state index >= 15 is 0 Å². The van der Waals surface area contributed by atoms with Crippen molar-refractivity contribution in [2.45, 2.75) is 78.9 Å². The lowest BCUT2D eigenvalue weighted by Crippen LogP contribution is -2.49. The minimum Gasteiger partial charge on any atom is -0.508 e. The molecule has 0 bridgehead atoms. The van der Waals surface area contributed by atoms with Gasteiger partial charge in [0.25, 0.3) is 0 Å². The van der Waals surface area contributed by atoms with Crippen molar-refractivity contribution in [2.75, 3.05) is 0 Å². The summed E-state index contributed by atoms with van der Waals surface area (Å²) in [6.07, 6.45) is 0.604. The first-order valence-corrected chi connectivity index (χ1v) is 9.37. The highest BCUT2D eigenvalue weighted by Crippen LogP contribution is 2.44. The smallest absolute Gasteiger partial charge is 0.176 e. The van der Waals surface area contributed by atoms with E-state index in [0.717, 1.165) is 0 Å². The summed E-state index contributed by atoms with van der Waals surface area (Å²) in [7, 11) is 0. The zero-order valence-electron chi connectivity index (χ0n) is 16.4. The van der Waals surface area contributed by atoms with Crippen LogP contribution in [0.1, 0.15) is 67.2 Å². The van der Waals surface area contributed by atoms with Crippen LogP contribution in [0.3, 0.4) is 0 Å². The summed E-state index contributed by atoms with van der Waals surface area (Å²) in [5, 5.41) is 32.4. The Bertz CT molecular complexity index is 532. The first kappa shape index (κ1) is 21.8. The van der Waals surface area contributed by atoms with Gasteiger partial charge >= 0.3 is 0 Å². The Kier molecular flexibility index (Phi) is 7.39. The molecule has 0 fully saturated rings. The maximum Gasteiger partial charge on any atom is 0.176 e. The number of carbonyl (C=O) groups is 2. The van der Waals surface area contributed by atoms with Crippen molar-refractivity contribution in [3.05, 3.63) is 11.3 Å². The Balaban J connectivity index is 3.27. The fourth-order valence-corrected chi connectivity index (χ4v) is 3.34. The molecule has 1 rings (SSSR count). The van der Waals surface area contributed by atoms with Gasteiger partial charge in [0.1, 0.15) is 11.3 Å². The molecule has 5 heteroatoms. The molecule has 0 aromatic heterocycles. The van der Waals surface area contributed by atoms with Gasteiger partial charge in [-0.3, -0.25) is 9.59 Å². The number of hydrogen-bond donors (Lipinski definition) is 3. The van der Waals surface area contributed by atoms with Crippen LogP contribution in [0.25, 0.3) is 0 Å². The minimum atomic E-state index is -2.07. The third-order valence-electron chi connectivity index (χ3n) is 5.04. The molecule has 1 aliphatic rings. The quantitative estimate of drug-likeness (QED) is 0.553. The Morgan fingerprint density at radius 3 is 2.00 bits per heavy atom. The van der Waals surface area contributed by atoms with Crippen molar-refractivity contribution in [3.8, 4) is 0 Å². The number of aliphatic hydroxyl groups excluding tert-OH is 2. The van der Waals surface area contributed by atoms with Gasteiger partial charge in [-0.25, -0.2) is 0 Å². The van der Waals surface area contributed by atoms with Crippen molar-refractivity contribution < 1.29 is 24.9 Å². The number of allylic oxidation sites excluding steroid dienone is 1. The molecule has 0 amide bonds. The van der Waals surface area contributed by atoms with E-state index in [4.69, 9.17) is 0 Å². The summed E-state index contributed by atoms with van der Waals surface area (Å²) in [6.45, 7) is 11.3. The molecule has 25 heavy (non-hydrogen) atoms. The number of ketones is 2. The van der Waals surface area contributed by atoms with Crippen molar-refractivity contribution in [1.82, 2.24) is 0 Å². The molecule has 0 heterocycles. The molecule has 0 unspecified atom stereocenters. The normalized spacial score (nSPS) is 25.6. The summed E-state index contributed by atoms with van der Waals surface area (Å²) in [6, 6.07) is 0. The molecule has 3 atom stereocenters. The topological polar surface area (TPSA) is 94.8 Å². The molecule has 144 valence electrons. The predicted octanol–water partition coefficient (Wildman–Crippen LogP) is 3.19. The van der Waals surface area contributed by atoms with Gasteiger partial charge in [0, 0.05) is 5.92 Å². The van der Waals surface area contributed by atoms with Crippen molar-refractivity contribution in [1.29, 1.82) is 0 Å². The number of rotatable bonds is 9. The second-order valence-corrected chi connectivity index (χ2v) is 8.44. The van der Waals surface area contributed by atoms with Gasteiger partial charge in [0.15, 0.2) is 17.2 Å². The lowest BCUT2D eigenvalue weighted by Gasteiger charge is -2.34. The van der Waals surface area contributed by atoms with E-state index in [1.54, 1.807) is 13.8 Å². The summed E-state index contributed by atoms with van der Waals surface area (Å²) < 4.78 is 0. The standard InChI is InChI=1S/C20H34O5/c1-11(2)7-9-14-18(23)16(17(22)13(5)6)19(24)20(14,25)15(21)10-8-12(3)4/h11-15,21,24-25H,7-10H2,1-6H3/t14-,15+,20+/m1/s1. The highest BCUT2D eigenvalue weighted by atomic mass is 16.4. The van der Waals surface area contributed by atoms with Gasteiger partial charge in [-0.15, -0.1) is 0 Å². The molecule has 0 saturated carbocycles. The number of carbonyl (C=O) groups excluding carboxylic acids is 2. The highest BCUT2D eigenvalue weighted by molar-refractivity contribution is 6.24. The Labute approximate surface area is 151 Å². The van der Waals surface area contributed by atoms with E-state index in [2.05, 4.69) is 0 Å². The fourth-order valence-electron chi connectivity index (χ4n) is 3.34. The van der Waals surface area contributed by atoms with Crippen LogP contribution in [-0.2, 0) is 9.59 Å². The molecule has 0 radical (unpaired) electrons. The van der Waals surface area contributed by atoms with Crippen LogP contribution in [0.4, 0.5) is 0 Å². The van der Waals surface area contributed by atoms with Crippen LogP contribution in [0, 0.1) is 23.7 Å². The van der Waals surface area contributed by atoms with Gasteiger partial charge in [-0.05, 0) is 31.1 Å². The molecule has 0 spiro atoms. The average molecular weight is 354 g/mol. The largest absolute Gasteiger partial charge is 0.508 e. The van der Waals surface area contributed by atoms with Crippen LogP contribution in [0.5, 0.6) is 0 Å². The summed E-state index contributed by atoms with van der Waals surface area (Å²) >= 11 is 0. The van der Waals surface area contributed by atoms with E-state index in [-0.39, 0.29) is 12.0 Å². The molecule has 3 N–H and O–H groups in total. The zero-order chi connectivity index (χ0) is 19.5. The van der Waals surface area contributed by atoms with Gasteiger partial charge < -0.3 is 15.3 Å². The second kappa shape index (κ2) is 8.45. The highest BCUT2D eigenvalue weighted by Gasteiger charge is 2.58. The third kappa shape index (κ3) is 4.50. The predicted molar refractivity (Wildman–Crippen MR) is 97.1 cm³/mol. The third-order valence-corrected chi connectivity index (χ3v) is 5.04. The monoisotopic (exact) mass is 354 g/mol. The summed E-state index contributed by atoms with van der Waals surface area (Å²) in [4.78, 5) is 25.2. The fraction of sp³-hybridized carbons (Fsp3) is 0.800. The number of Topliss-reactive ketones (excluding diaryl/α,β-unsaturated/α-hetero) is 2. The first-order chi connectivity index (χ1) is 11.4. The van der Waals surface area contributed by atoms with Gasteiger partial charge in [-0.2, -0.15) is 0 Å². The maximum atomic E-state index is 12.8. The molecule has 5 nitrogen and oxygen atoms in total. The molecule has 0 aromatic carbocycles. The molecular weight excluding hydrogens is 320 g/mol. The second-order valence-electron chi connectivity index (χ2n) is 8.44. The zero-order valence-corrected chi connectivity index (χ0v) is 16.4. The molecule has 0 aromatic rings. The Morgan fingerprint density at radius 2 is 1.56 bits per heavy atom. The van der Waals surface area contributed by atoms with Crippen molar-refractivity contribution >= 4 is 11.6 Å². The Hall–Kier alpha value is -1.20. The van der Waals surface area contributed by atoms with E-state index < -0.39 is 40.9 Å².